The average molecular weight is 667 g/mol. The quantitative estimate of drug-likeness (QED) is 0.201. The van der Waals surface area contributed by atoms with Crippen LogP contribution in [-0.2, 0) is 18.8 Å². The largest absolute Gasteiger partial charge is 0.489 e. The maximum Gasteiger partial charge on any atom is 0.391 e. The minimum atomic E-state index is -4.30. The number of fused-ring (bicyclic) bond motifs is 1. The van der Waals surface area contributed by atoms with Crippen molar-refractivity contribution in [3.8, 4) is 17.6 Å². The molecule has 0 bridgehead atoms. The summed E-state index contributed by atoms with van der Waals surface area (Å²) in [5, 5.41) is 33.8. The van der Waals surface area contributed by atoms with Crippen LogP contribution in [-0.4, -0.2) is 78.9 Å². The molecule has 18 heteroatoms. The minimum Gasteiger partial charge on any atom is -0.489 e. The number of carbonyl (C=O) groups is 1. The Morgan fingerprint density at radius 1 is 1.15 bits per heavy atom. The van der Waals surface area contributed by atoms with Gasteiger partial charge >= 0.3 is 12.1 Å². The van der Waals surface area contributed by atoms with Gasteiger partial charge in [-0.1, -0.05) is 0 Å². The van der Waals surface area contributed by atoms with Crippen LogP contribution in [0.25, 0.3) is 5.52 Å². The molecule has 0 spiro atoms. The Morgan fingerprint density at radius 2 is 1.83 bits per heavy atom. The summed E-state index contributed by atoms with van der Waals surface area (Å²) in [5.41, 5.74) is 10.7. The fraction of sp³-hybridized carbons (Fsp3) is 0.500. The Balaban J connectivity index is 1.05. The Hall–Kier alpha value is -3.94. The SMILES string of the molecule is N#C[C@]1(COc2ccc(OP3(=O)CC3(N)C(=O)OC3CCC(C(F)(F)F)CC3)cc2)O[C@@H](c2ccc3c(N)ncnn23)[C@H](O)[C@@H]1O. The normalized spacial score (nSPS) is 34.2. The molecule has 2 saturated heterocycles. The fourth-order valence-electron chi connectivity index (χ4n) is 5.79. The smallest absolute Gasteiger partial charge is 0.391 e. The summed E-state index contributed by atoms with van der Waals surface area (Å²) in [4.78, 5) is 16.6. The summed E-state index contributed by atoms with van der Waals surface area (Å²) < 4.78 is 75.8. The van der Waals surface area contributed by atoms with Crippen LogP contribution in [0.2, 0.25) is 0 Å². The van der Waals surface area contributed by atoms with Crippen LogP contribution < -0.4 is 20.7 Å². The van der Waals surface area contributed by atoms with Gasteiger partial charge in [-0.15, -0.1) is 0 Å². The monoisotopic (exact) mass is 666 g/mol. The van der Waals surface area contributed by atoms with E-state index in [-0.39, 0.29) is 49.2 Å². The molecule has 6 atom stereocenters. The van der Waals surface area contributed by atoms with Crippen molar-refractivity contribution in [2.75, 3.05) is 18.5 Å². The van der Waals surface area contributed by atoms with Crippen LogP contribution >= 0.6 is 7.37 Å². The standard InChI is InChI=1S/C28H30F3N6O8P/c29-28(30,31)15-1-3-17(4-2-15)43-25(40)27(34)13-46(27,41)45-18-7-5-16(6-8-18)42-12-26(11-32)23(39)21(38)22(44-26)19-9-10-20-24(33)35-14-36-37(19)20/h5-10,14-15,17,21-23,38-39H,1-4,12-13,34H2,(H2,33,35,36)/t15?,17?,21-,22-,23-,26+,27?,46?/m0/s1. The van der Waals surface area contributed by atoms with Gasteiger partial charge in [-0.25, -0.2) is 14.3 Å². The number of benzene rings is 1. The molecule has 3 aromatic rings. The lowest BCUT2D eigenvalue weighted by molar-refractivity contribution is -0.188. The predicted octanol–water partition coefficient (Wildman–Crippen LogP) is 2.44. The number of ether oxygens (including phenoxy) is 3. The maximum atomic E-state index is 13.2. The molecule has 46 heavy (non-hydrogen) atoms. The van der Waals surface area contributed by atoms with Crippen LogP contribution in [0.3, 0.4) is 0 Å². The number of halogens is 3. The maximum absolute atomic E-state index is 13.2. The van der Waals surface area contributed by atoms with Crippen LogP contribution in [0.1, 0.15) is 37.5 Å². The number of aliphatic hydroxyl groups excluding tert-OH is 2. The van der Waals surface area contributed by atoms with Gasteiger partial charge in [0.05, 0.1) is 17.8 Å². The number of nitriles is 1. The Bertz CT molecular complexity index is 1730. The van der Waals surface area contributed by atoms with Gasteiger partial charge in [0.25, 0.3) is 7.37 Å². The second-order valence-electron chi connectivity index (χ2n) is 11.7. The van der Waals surface area contributed by atoms with Crippen molar-refractivity contribution in [2.45, 2.75) is 67.2 Å². The van der Waals surface area contributed by atoms with Gasteiger partial charge in [0.2, 0.25) is 10.9 Å². The molecule has 246 valence electrons. The Labute approximate surface area is 259 Å². The number of alkyl halides is 3. The molecule has 2 aliphatic heterocycles. The van der Waals surface area contributed by atoms with Crippen molar-refractivity contribution in [1.82, 2.24) is 14.6 Å². The second-order valence-corrected chi connectivity index (χ2v) is 14.3. The number of aromatic nitrogens is 3. The molecule has 6 rings (SSSR count). The zero-order chi connectivity index (χ0) is 33.1. The van der Waals surface area contributed by atoms with Crippen molar-refractivity contribution >= 4 is 24.7 Å². The summed E-state index contributed by atoms with van der Waals surface area (Å²) in [5.74, 6) is -1.95. The van der Waals surface area contributed by atoms with Crippen LogP contribution in [0.5, 0.6) is 11.5 Å². The van der Waals surface area contributed by atoms with E-state index in [1.165, 1.54) is 35.1 Å². The third-order valence-corrected chi connectivity index (χ3v) is 11.3. The first-order valence-corrected chi connectivity index (χ1v) is 16.1. The highest BCUT2D eigenvalue weighted by molar-refractivity contribution is 7.70. The van der Waals surface area contributed by atoms with E-state index in [1.54, 1.807) is 12.1 Å². The molecule has 14 nitrogen and oxygen atoms in total. The van der Waals surface area contributed by atoms with E-state index < -0.39 is 67.3 Å². The van der Waals surface area contributed by atoms with Gasteiger partial charge in [0.15, 0.2) is 5.82 Å². The number of esters is 1. The first kappa shape index (κ1) is 32.0. The van der Waals surface area contributed by atoms with Gasteiger partial charge in [-0.05, 0) is 62.1 Å². The second kappa shape index (κ2) is 11.4. The van der Waals surface area contributed by atoms with E-state index in [9.17, 15) is 38.0 Å². The number of nitrogen functional groups attached to an aromatic ring is 1. The molecular weight excluding hydrogens is 636 g/mol. The van der Waals surface area contributed by atoms with Crippen molar-refractivity contribution < 1.29 is 51.5 Å². The molecule has 0 amide bonds. The Morgan fingerprint density at radius 3 is 2.48 bits per heavy atom. The summed E-state index contributed by atoms with van der Waals surface area (Å²) >= 11 is 0. The van der Waals surface area contributed by atoms with E-state index in [0.29, 0.717) is 11.2 Å². The summed E-state index contributed by atoms with van der Waals surface area (Å²) in [7, 11) is -3.71. The number of hydrogen-bond acceptors (Lipinski definition) is 13. The van der Waals surface area contributed by atoms with Gasteiger partial charge < -0.3 is 40.4 Å². The van der Waals surface area contributed by atoms with E-state index in [1.807, 2.05) is 6.07 Å². The molecule has 1 aliphatic carbocycles. The number of aliphatic hydroxyl groups is 2. The number of carbonyl (C=O) groups excluding carboxylic acids is 1. The van der Waals surface area contributed by atoms with Crippen molar-refractivity contribution in [3.05, 3.63) is 48.4 Å². The molecular formula is C28H30F3N6O8P. The third-order valence-electron chi connectivity index (χ3n) is 8.69. The fourth-order valence-corrected chi connectivity index (χ4v) is 7.85. The molecule has 6 N–H and O–H groups in total. The van der Waals surface area contributed by atoms with Gasteiger partial charge in [0.1, 0.15) is 60.4 Å². The number of nitrogens with zero attached hydrogens (tertiary/aromatic N) is 4. The lowest BCUT2D eigenvalue weighted by Crippen LogP contribution is -2.46. The summed E-state index contributed by atoms with van der Waals surface area (Å²) in [6.45, 7) is -0.486. The van der Waals surface area contributed by atoms with Crippen LogP contribution in [0.15, 0.2) is 42.7 Å². The van der Waals surface area contributed by atoms with E-state index >= 15 is 0 Å². The first-order chi connectivity index (χ1) is 21.7. The highest BCUT2D eigenvalue weighted by Crippen LogP contribution is 2.73. The third kappa shape index (κ3) is 5.54. The number of nitrogens with two attached hydrogens (primary N) is 2. The van der Waals surface area contributed by atoms with Crippen molar-refractivity contribution in [1.29, 1.82) is 5.26 Å². The van der Waals surface area contributed by atoms with E-state index in [0.717, 1.165) is 0 Å². The number of anilines is 1. The van der Waals surface area contributed by atoms with Crippen LogP contribution in [0, 0.1) is 17.2 Å². The van der Waals surface area contributed by atoms with Crippen LogP contribution in [0.4, 0.5) is 19.0 Å². The summed E-state index contributed by atoms with van der Waals surface area (Å²) in [6.07, 6.45) is -8.74. The highest BCUT2D eigenvalue weighted by atomic mass is 31.2. The zero-order valence-corrected chi connectivity index (χ0v) is 24.9. The molecule has 4 heterocycles. The molecule has 1 aromatic carbocycles. The minimum absolute atomic E-state index is 0.0286. The molecule has 0 radical (unpaired) electrons. The zero-order valence-electron chi connectivity index (χ0n) is 24.0. The van der Waals surface area contributed by atoms with Gasteiger partial charge in [-0.3, -0.25) is 4.57 Å². The van der Waals surface area contributed by atoms with Gasteiger partial charge in [-0.2, -0.15) is 23.5 Å². The predicted molar refractivity (Wildman–Crippen MR) is 151 cm³/mol. The average Bonchev–Trinajstić information content (AvgIpc) is 3.27. The Kier molecular flexibility index (Phi) is 7.93. The van der Waals surface area contributed by atoms with E-state index in [2.05, 4.69) is 10.1 Å². The van der Waals surface area contributed by atoms with Crippen molar-refractivity contribution in [3.63, 3.8) is 0 Å². The molecule has 2 unspecified atom stereocenters. The van der Waals surface area contributed by atoms with E-state index in [4.69, 9.17) is 30.2 Å². The number of hydrogen-bond donors (Lipinski definition) is 4. The van der Waals surface area contributed by atoms with Crippen molar-refractivity contribution in [2.24, 2.45) is 11.7 Å². The number of rotatable bonds is 8. The molecule has 2 aromatic heterocycles. The first-order valence-electron chi connectivity index (χ1n) is 14.3. The topological polar surface area (TPSA) is 218 Å². The van der Waals surface area contributed by atoms with Gasteiger partial charge in [0, 0.05) is 0 Å². The molecule has 3 aliphatic rings. The highest BCUT2D eigenvalue weighted by Gasteiger charge is 2.73. The lowest BCUT2D eigenvalue weighted by Gasteiger charge is -2.30. The molecule has 3 fully saturated rings. The lowest BCUT2D eigenvalue weighted by atomic mass is 9.87. The summed E-state index contributed by atoms with van der Waals surface area (Å²) in [6, 6.07) is 10.7. The molecule has 1 saturated carbocycles.